The van der Waals surface area contributed by atoms with Gasteiger partial charge in [0, 0.05) is 18.0 Å². The average molecular weight is 279 g/mol. The van der Waals surface area contributed by atoms with E-state index in [2.05, 4.69) is 32.9 Å². The summed E-state index contributed by atoms with van der Waals surface area (Å²) in [4.78, 5) is 10.7. The lowest BCUT2D eigenvalue weighted by Crippen LogP contribution is -2.17. The number of aryl methyl sites for hydroxylation is 1. The third kappa shape index (κ3) is 3.73. The topological polar surface area (TPSA) is 72.6 Å². The molecule has 0 amide bonds. The van der Waals surface area contributed by atoms with Crippen LogP contribution < -0.4 is 10.5 Å². The first-order chi connectivity index (χ1) is 9.42. The molecule has 1 aromatic carbocycles. The van der Waals surface area contributed by atoms with Gasteiger partial charge in [0.25, 0.3) is 0 Å². The molecule has 3 N–H and O–H groups in total. The van der Waals surface area contributed by atoms with Crippen molar-refractivity contribution in [1.29, 1.82) is 0 Å². The van der Waals surface area contributed by atoms with Crippen LogP contribution in [-0.4, -0.2) is 18.2 Å². The summed E-state index contributed by atoms with van der Waals surface area (Å²) in [5, 5.41) is 8.83. The van der Waals surface area contributed by atoms with Gasteiger partial charge in [-0.15, -0.1) is 0 Å². The maximum Gasteiger partial charge on any atom is 0.303 e. The first kappa shape index (κ1) is 16.5. The maximum atomic E-state index is 10.7. The van der Waals surface area contributed by atoms with E-state index < -0.39 is 5.97 Å². The number of methoxy groups -OCH3 is 1. The van der Waals surface area contributed by atoms with Crippen LogP contribution in [0.1, 0.15) is 62.3 Å². The third-order valence-corrected chi connectivity index (χ3v) is 3.56. The van der Waals surface area contributed by atoms with E-state index in [4.69, 9.17) is 15.6 Å². The number of carboxylic acids is 1. The molecule has 0 aromatic heterocycles. The predicted octanol–water partition coefficient (Wildman–Crippen LogP) is 3.25. The summed E-state index contributed by atoms with van der Waals surface area (Å²) in [6.07, 6.45) is 1.34. The van der Waals surface area contributed by atoms with Gasteiger partial charge >= 0.3 is 5.97 Å². The van der Waals surface area contributed by atoms with Gasteiger partial charge in [-0.1, -0.05) is 32.9 Å². The van der Waals surface area contributed by atoms with Crippen molar-refractivity contribution in [2.24, 2.45) is 5.73 Å². The fraction of sp³-hybridized carbons (Fsp3) is 0.562. The Hall–Kier alpha value is -1.55. The van der Waals surface area contributed by atoms with E-state index in [1.54, 1.807) is 7.11 Å². The van der Waals surface area contributed by atoms with Gasteiger partial charge in [-0.3, -0.25) is 4.79 Å². The quantitative estimate of drug-likeness (QED) is 0.803. The van der Waals surface area contributed by atoms with Crippen molar-refractivity contribution >= 4 is 5.97 Å². The Bertz CT molecular complexity index is 469. The van der Waals surface area contributed by atoms with E-state index in [0.29, 0.717) is 12.3 Å². The second kappa shape index (κ2) is 7.29. The Morgan fingerprint density at radius 1 is 1.40 bits per heavy atom. The summed E-state index contributed by atoms with van der Waals surface area (Å²) in [6, 6.07) is 3.84. The number of aliphatic carboxylic acids is 1. The molecular weight excluding hydrogens is 254 g/mol. The minimum absolute atomic E-state index is 0.0677. The summed E-state index contributed by atoms with van der Waals surface area (Å²) in [5.74, 6) is 0.314. The molecule has 0 aliphatic carbocycles. The highest BCUT2D eigenvalue weighted by molar-refractivity contribution is 5.66. The van der Waals surface area contributed by atoms with Crippen LogP contribution in [0.5, 0.6) is 5.75 Å². The summed E-state index contributed by atoms with van der Waals surface area (Å²) in [7, 11) is 1.64. The lowest BCUT2D eigenvalue weighted by molar-refractivity contribution is -0.137. The van der Waals surface area contributed by atoms with Gasteiger partial charge in [0.1, 0.15) is 5.75 Å². The van der Waals surface area contributed by atoms with Gasteiger partial charge in [-0.2, -0.15) is 0 Å². The van der Waals surface area contributed by atoms with Gasteiger partial charge in [-0.25, -0.2) is 0 Å². The highest BCUT2D eigenvalue weighted by Gasteiger charge is 2.21. The van der Waals surface area contributed by atoms with Crippen molar-refractivity contribution in [2.75, 3.05) is 7.11 Å². The number of hydrogen-bond donors (Lipinski definition) is 2. The first-order valence-corrected chi connectivity index (χ1v) is 7.09. The molecule has 0 radical (unpaired) electrons. The Labute approximate surface area is 120 Å². The molecule has 4 nitrogen and oxygen atoms in total. The van der Waals surface area contributed by atoms with E-state index in [-0.39, 0.29) is 12.5 Å². The van der Waals surface area contributed by atoms with E-state index in [9.17, 15) is 4.79 Å². The van der Waals surface area contributed by atoms with Crippen molar-refractivity contribution < 1.29 is 14.6 Å². The maximum absolute atomic E-state index is 10.7. The average Bonchev–Trinajstić information content (AvgIpc) is 2.42. The molecule has 1 atom stereocenters. The summed E-state index contributed by atoms with van der Waals surface area (Å²) in [5.41, 5.74) is 9.44. The van der Waals surface area contributed by atoms with Crippen LogP contribution in [0, 0.1) is 0 Å². The summed E-state index contributed by atoms with van der Waals surface area (Å²) in [6.45, 7) is 6.28. The standard InChI is InChI=1S/C16H25NO3/c1-5-11-6-7-12(10(2)3)15(16(11)20-4)13(17)8-9-14(18)19/h6-7,10,13H,5,8-9,17H2,1-4H3,(H,18,19). The van der Waals surface area contributed by atoms with Crippen LogP contribution in [0.3, 0.4) is 0 Å². The molecule has 4 heteroatoms. The van der Waals surface area contributed by atoms with Crippen LogP contribution in [-0.2, 0) is 11.2 Å². The van der Waals surface area contributed by atoms with Crippen LogP contribution in [0.4, 0.5) is 0 Å². The molecule has 1 unspecified atom stereocenters. The Morgan fingerprint density at radius 2 is 2.05 bits per heavy atom. The number of carbonyl (C=O) groups is 1. The molecule has 0 aliphatic heterocycles. The summed E-state index contributed by atoms with van der Waals surface area (Å²) < 4.78 is 5.56. The zero-order valence-corrected chi connectivity index (χ0v) is 12.8. The van der Waals surface area contributed by atoms with Crippen molar-refractivity contribution in [2.45, 2.75) is 52.0 Å². The Balaban J connectivity index is 3.26. The lowest BCUT2D eigenvalue weighted by atomic mass is 9.88. The zero-order chi connectivity index (χ0) is 15.3. The molecule has 0 bridgehead atoms. The second-order valence-electron chi connectivity index (χ2n) is 5.31. The summed E-state index contributed by atoms with van der Waals surface area (Å²) >= 11 is 0. The first-order valence-electron chi connectivity index (χ1n) is 7.09. The van der Waals surface area contributed by atoms with Crippen LogP contribution >= 0.6 is 0 Å². The van der Waals surface area contributed by atoms with Crippen LogP contribution in [0.25, 0.3) is 0 Å². The highest BCUT2D eigenvalue weighted by atomic mass is 16.5. The lowest BCUT2D eigenvalue weighted by Gasteiger charge is -2.23. The number of carboxylic acid groups (broad SMARTS) is 1. The monoisotopic (exact) mass is 279 g/mol. The van der Waals surface area contributed by atoms with E-state index in [1.165, 1.54) is 0 Å². The Kier molecular flexibility index (Phi) is 6.02. The molecule has 0 fully saturated rings. The van der Waals surface area contributed by atoms with Gasteiger partial charge in [0.15, 0.2) is 0 Å². The van der Waals surface area contributed by atoms with Gasteiger partial charge in [0.2, 0.25) is 0 Å². The molecule has 20 heavy (non-hydrogen) atoms. The van der Waals surface area contributed by atoms with Crippen molar-refractivity contribution in [3.63, 3.8) is 0 Å². The molecule has 0 saturated carbocycles. The highest BCUT2D eigenvalue weighted by Crippen LogP contribution is 2.36. The minimum Gasteiger partial charge on any atom is -0.496 e. The smallest absolute Gasteiger partial charge is 0.303 e. The SMILES string of the molecule is CCc1ccc(C(C)C)c(C(N)CCC(=O)O)c1OC. The van der Waals surface area contributed by atoms with Crippen LogP contribution in [0.2, 0.25) is 0 Å². The molecule has 1 aromatic rings. The number of hydrogen-bond acceptors (Lipinski definition) is 3. The van der Waals surface area contributed by atoms with Crippen molar-refractivity contribution in [1.82, 2.24) is 0 Å². The van der Waals surface area contributed by atoms with Crippen molar-refractivity contribution in [3.05, 3.63) is 28.8 Å². The van der Waals surface area contributed by atoms with E-state index in [0.717, 1.165) is 28.9 Å². The predicted molar refractivity (Wildman–Crippen MR) is 80.3 cm³/mol. The van der Waals surface area contributed by atoms with Crippen LogP contribution in [0.15, 0.2) is 12.1 Å². The minimum atomic E-state index is -0.822. The fourth-order valence-corrected chi connectivity index (χ4v) is 2.49. The molecule has 0 saturated heterocycles. The molecule has 0 heterocycles. The van der Waals surface area contributed by atoms with Crippen molar-refractivity contribution in [3.8, 4) is 5.75 Å². The number of rotatable bonds is 7. The molecule has 0 spiro atoms. The van der Waals surface area contributed by atoms with Gasteiger partial charge in [-0.05, 0) is 29.9 Å². The van der Waals surface area contributed by atoms with Gasteiger partial charge in [0.05, 0.1) is 7.11 Å². The Morgan fingerprint density at radius 3 is 2.50 bits per heavy atom. The second-order valence-corrected chi connectivity index (χ2v) is 5.31. The molecule has 112 valence electrons. The number of nitrogens with two attached hydrogens (primary N) is 1. The third-order valence-electron chi connectivity index (χ3n) is 3.56. The van der Waals surface area contributed by atoms with Gasteiger partial charge < -0.3 is 15.6 Å². The number of ether oxygens (including phenoxy) is 1. The molecule has 0 aliphatic rings. The van der Waals surface area contributed by atoms with E-state index in [1.807, 2.05) is 0 Å². The van der Waals surface area contributed by atoms with E-state index >= 15 is 0 Å². The number of benzene rings is 1. The fourth-order valence-electron chi connectivity index (χ4n) is 2.49. The largest absolute Gasteiger partial charge is 0.496 e. The normalized spacial score (nSPS) is 12.5. The zero-order valence-electron chi connectivity index (χ0n) is 12.8. The molecular formula is C16H25NO3. The molecule has 1 rings (SSSR count).